The molecule has 0 saturated heterocycles. The van der Waals surface area contributed by atoms with E-state index < -0.39 is 0 Å². The van der Waals surface area contributed by atoms with E-state index in [1.165, 1.54) is 10.4 Å². The molecule has 2 heterocycles. The number of carbonyl (C=O) groups excluding carboxylic acids is 2. The molecule has 5 rings (SSSR count). The van der Waals surface area contributed by atoms with Crippen LogP contribution in [0.25, 0.3) is 0 Å². The van der Waals surface area contributed by atoms with Gasteiger partial charge in [0, 0.05) is 33.9 Å². The molecule has 7 heteroatoms. The number of carbonyl (C=O) groups is 2. The predicted octanol–water partition coefficient (Wildman–Crippen LogP) is 6.35. The van der Waals surface area contributed by atoms with E-state index in [9.17, 15) is 9.59 Å². The van der Waals surface area contributed by atoms with Crippen LogP contribution >= 0.6 is 34.5 Å². The Kier molecular flexibility index (Phi) is 7.01. The Morgan fingerprint density at radius 1 is 1.11 bits per heavy atom. The van der Waals surface area contributed by atoms with Gasteiger partial charge in [0.2, 0.25) is 11.8 Å². The summed E-state index contributed by atoms with van der Waals surface area (Å²) in [5.74, 6) is 0.0537. The molecular formula is C28H26Cl2N2O2S. The summed E-state index contributed by atoms with van der Waals surface area (Å²) < 4.78 is 0. The maximum atomic E-state index is 13.7. The molecule has 0 bridgehead atoms. The average molecular weight is 526 g/mol. The van der Waals surface area contributed by atoms with Gasteiger partial charge >= 0.3 is 0 Å². The standard InChI is InChI=1S/C28H26Cl2N2O2S/c1-2-12-31(28(34)23-16-22(23)18-6-4-3-5-7-18)17-26(33)32-13-10-25-21(11-14-35-25)27(32)20-9-8-19(29)15-24(20)30/h2-9,11,14-15,22-23,27H,1,10,12-13,16-17H2/t22-,23?,27?/m0/s1. The highest BCUT2D eigenvalue weighted by Gasteiger charge is 2.46. The summed E-state index contributed by atoms with van der Waals surface area (Å²) in [5.41, 5.74) is 3.11. The van der Waals surface area contributed by atoms with Crippen LogP contribution in [0, 0.1) is 5.92 Å². The molecule has 0 radical (unpaired) electrons. The van der Waals surface area contributed by atoms with Gasteiger partial charge in [-0.15, -0.1) is 17.9 Å². The van der Waals surface area contributed by atoms with E-state index in [0.29, 0.717) is 23.1 Å². The molecule has 1 aliphatic carbocycles. The van der Waals surface area contributed by atoms with Crippen molar-refractivity contribution in [3.8, 4) is 0 Å². The summed E-state index contributed by atoms with van der Waals surface area (Å²) in [6.07, 6.45) is 3.29. The van der Waals surface area contributed by atoms with Crippen molar-refractivity contribution in [1.82, 2.24) is 9.80 Å². The summed E-state index contributed by atoms with van der Waals surface area (Å²) in [6.45, 7) is 4.75. The van der Waals surface area contributed by atoms with Crippen molar-refractivity contribution < 1.29 is 9.59 Å². The smallest absolute Gasteiger partial charge is 0.243 e. The van der Waals surface area contributed by atoms with Gasteiger partial charge in [0.1, 0.15) is 6.54 Å². The van der Waals surface area contributed by atoms with Crippen molar-refractivity contribution >= 4 is 46.4 Å². The fourth-order valence-corrected chi connectivity index (χ4v) is 6.47. The number of nitrogens with zero attached hydrogens (tertiary/aromatic N) is 2. The molecule has 1 aromatic heterocycles. The average Bonchev–Trinajstić information content (AvgIpc) is 3.52. The van der Waals surface area contributed by atoms with Crippen LogP contribution in [-0.4, -0.2) is 41.2 Å². The molecule has 0 spiro atoms. The third-order valence-corrected chi connectivity index (χ3v) is 8.42. The Balaban J connectivity index is 1.37. The second-order valence-electron chi connectivity index (χ2n) is 9.07. The molecule has 1 fully saturated rings. The number of hydrogen-bond donors (Lipinski definition) is 0. The lowest BCUT2D eigenvalue weighted by Crippen LogP contribution is -2.47. The molecule has 2 amide bonds. The second kappa shape index (κ2) is 10.2. The Morgan fingerprint density at radius 2 is 1.91 bits per heavy atom. The fraction of sp³-hybridized carbons (Fsp3) is 0.286. The zero-order chi connectivity index (χ0) is 24.5. The zero-order valence-corrected chi connectivity index (χ0v) is 21.5. The second-order valence-corrected chi connectivity index (χ2v) is 10.9. The summed E-state index contributed by atoms with van der Waals surface area (Å²) >= 11 is 14.4. The Hall–Kier alpha value is -2.60. The summed E-state index contributed by atoms with van der Waals surface area (Å²) in [6, 6.07) is 17.3. The van der Waals surface area contributed by atoms with Gasteiger partial charge in [0.25, 0.3) is 0 Å². The molecule has 3 atom stereocenters. The molecule has 1 saturated carbocycles. The van der Waals surface area contributed by atoms with Crippen LogP contribution in [-0.2, 0) is 16.0 Å². The largest absolute Gasteiger partial charge is 0.330 e. The van der Waals surface area contributed by atoms with Crippen LogP contribution in [0.4, 0.5) is 0 Å². The van der Waals surface area contributed by atoms with Gasteiger partial charge in [-0.3, -0.25) is 9.59 Å². The Labute approximate surface area is 219 Å². The maximum Gasteiger partial charge on any atom is 0.243 e. The molecule has 0 N–H and O–H groups in total. The number of amides is 2. The molecule has 2 unspecified atom stereocenters. The van der Waals surface area contributed by atoms with Crippen LogP contribution in [0.2, 0.25) is 10.0 Å². The van der Waals surface area contributed by atoms with E-state index >= 15 is 0 Å². The molecule has 1 aliphatic heterocycles. The minimum Gasteiger partial charge on any atom is -0.330 e. The quantitative estimate of drug-likeness (QED) is 0.338. The first-order valence-corrected chi connectivity index (χ1v) is 13.4. The summed E-state index contributed by atoms with van der Waals surface area (Å²) in [5, 5.41) is 3.14. The third kappa shape index (κ3) is 4.90. The van der Waals surface area contributed by atoms with Gasteiger partial charge < -0.3 is 9.80 Å². The number of thiophene rings is 1. The lowest BCUT2D eigenvalue weighted by Gasteiger charge is -2.38. The normalized spacial score (nSPS) is 20.7. The summed E-state index contributed by atoms with van der Waals surface area (Å²) in [7, 11) is 0. The van der Waals surface area contributed by atoms with Crippen molar-refractivity contribution in [2.24, 2.45) is 5.92 Å². The van der Waals surface area contributed by atoms with Crippen molar-refractivity contribution in [2.75, 3.05) is 19.6 Å². The highest BCUT2D eigenvalue weighted by Crippen LogP contribution is 2.48. The van der Waals surface area contributed by atoms with Gasteiger partial charge in [-0.05, 0) is 59.0 Å². The number of halogens is 2. The highest BCUT2D eigenvalue weighted by atomic mass is 35.5. The van der Waals surface area contributed by atoms with Gasteiger partial charge in [-0.25, -0.2) is 0 Å². The Bertz CT molecular complexity index is 1260. The maximum absolute atomic E-state index is 13.7. The van der Waals surface area contributed by atoms with Crippen LogP contribution in [0.3, 0.4) is 0 Å². The first kappa shape index (κ1) is 24.1. The van der Waals surface area contributed by atoms with E-state index in [0.717, 1.165) is 24.0 Å². The van der Waals surface area contributed by atoms with Crippen molar-refractivity contribution in [3.63, 3.8) is 0 Å². The van der Waals surface area contributed by atoms with Gasteiger partial charge in [-0.1, -0.05) is 65.7 Å². The van der Waals surface area contributed by atoms with E-state index in [1.807, 2.05) is 29.2 Å². The monoisotopic (exact) mass is 524 g/mol. The predicted molar refractivity (Wildman–Crippen MR) is 142 cm³/mol. The van der Waals surface area contributed by atoms with Crippen molar-refractivity contribution in [3.05, 3.63) is 104 Å². The van der Waals surface area contributed by atoms with Gasteiger partial charge in [-0.2, -0.15) is 0 Å². The zero-order valence-electron chi connectivity index (χ0n) is 19.2. The fourth-order valence-electron chi connectivity index (χ4n) is 5.06. The van der Waals surface area contributed by atoms with Gasteiger partial charge in [0.05, 0.1) is 6.04 Å². The minimum atomic E-state index is -0.305. The molecule has 180 valence electrons. The lowest BCUT2D eigenvalue weighted by molar-refractivity contribution is -0.142. The summed E-state index contributed by atoms with van der Waals surface area (Å²) in [4.78, 5) is 31.8. The molecular weight excluding hydrogens is 499 g/mol. The van der Waals surface area contributed by atoms with Crippen LogP contribution < -0.4 is 0 Å². The number of hydrogen-bond acceptors (Lipinski definition) is 3. The van der Waals surface area contributed by atoms with E-state index in [-0.39, 0.29) is 36.2 Å². The van der Waals surface area contributed by atoms with Crippen molar-refractivity contribution in [2.45, 2.75) is 24.8 Å². The number of benzene rings is 2. The molecule has 2 aromatic carbocycles. The first-order chi connectivity index (χ1) is 17.0. The van der Waals surface area contributed by atoms with E-state index in [2.05, 4.69) is 30.2 Å². The highest BCUT2D eigenvalue weighted by molar-refractivity contribution is 7.10. The number of rotatable bonds is 7. The minimum absolute atomic E-state index is 0.0152. The topological polar surface area (TPSA) is 40.6 Å². The van der Waals surface area contributed by atoms with Crippen molar-refractivity contribution in [1.29, 1.82) is 0 Å². The molecule has 2 aliphatic rings. The Morgan fingerprint density at radius 3 is 2.66 bits per heavy atom. The van der Waals surface area contributed by atoms with E-state index in [1.54, 1.807) is 34.4 Å². The van der Waals surface area contributed by atoms with Gasteiger partial charge in [0.15, 0.2) is 0 Å². The van der Waals surface area contributed by atoms with Crippen LogP contribution in [0.15, 0.2) is 72.6 Å². The van der Waals surface area contributed by atoms with Crippen LogP contribution in [0.1, 0.15) is 39.9 Å². The van der Waals surface area contributed by atoms with Crippen LogP contribution in [0.5, 0.6) is 0 Å². The molecule has 3 aromatic rings. The first-order valence-electron chi connectivity index (χ1n) is 11.7. The van der Waals surface area contributed by atoms with E-state index in [4.69, 9.17) is 23.2 Å². The number of fused-ring (bicyclic) bond motifs is 1. The molecule has 35 heavy (non-hydrogen) atoms. The lowest BCUT2D eigenvalue weighted by atomic mass is 9.93. The molecule has 4 nitrogen and oxygen atoms in total. The third-order valence-electron chi connectivity index (χ3n) is 6.87. The SMILES string of the molecule is C=CCN(CC(=O)N1CCc2sccc2C1c1ccc(Cl)cc1Cl)C(=O)C1C[C@H]1c1ccccc1.